The Bertz CT molecular complexity index is 366. The Morgan fingerprint density at radius 2 is 2.20 bits per heavy atom. The Labute approximate surface area is 86.7 Å². The summed E-state index contributed by atoms with van der Waals surface area (Å²) in [7, 11) is 0. The molecule has 0 saturated carbocycles. The van der Waals surface area contributed by atoms with Crippen molar-refractivity contribution >= 4 is 5.69 Å². The van der Waals surface area contributed by atoms with Crippen LogP contribution in [-0.4, -0.2) is 6.61 Å². The minimum Gasteiger partial charge on any atom is -0.628 e. The van der Waals surface area contributed by atoms with Crippen molar-refractivity contribution in [2.75, 3.05) is 6.61 Å². The third kappa shape index (κ3) is 3.32. The molecule has 0 aliphatic rings. The van der Waals surface area contributed by atoms with Gasteiger partial charge in [0.2, 0.25) is 0 Å². The van der Waals surface area contributed by atoms with Crippen molar-refractivity contribution in [2.24, 2.45) is 0 Å². The molecule has 5 heteroatoms. The molecule has 0 bridgehead atoms. The van der Waals surface area contributed by atoms with Gasteiger partial charge < -0.3 is 20.4 Å². The van der Waals surface area contributed by atoms with E-state index >= 15 is 0 Å². The molecule has 0 atom stereocenters. The second-order valence-corrected chi connectivity index (χ2v) is 3.17. The maximum Gasteiger partial charge on any atom is 0.183 e. The fourth-order valence-corrected chi connectivity index (χ4v) is 0.985. The maximum atomic E-state index is 12.8. The number of hydrogen-bond acceptors (Lipinski definition) is 3. The Balaban J connectivity index is 2.91. The highest BCUT2D eigenvalue weighted by atomic mass is 19.1. The van der Waals surface area contributed by atoms with Crippen molar-refractivity contribution in [3.63, 3.8) is 0 Å². The average molecular weight is 212 g/mol. The summed E-state index contributed by atoms with van der Waals surface area (Å²) >= 11 is 0. The lowest BCUT2D eigenvalue weighted by Gasteiger charge is -2.26. The van der Waals surface area contributed by atoms with Crippen LogP contribution in [0.25, 0.3) is 0 Å². The monoisotopic (exact) mass is 212 g/mol. The minimum atomic E-state index is -1.40. The van der Waals surface area contributed by atoms with Crippen molar-refractivity contribution < 1.29 is 14.4 Å². The highest BCUT2D eigenvalue weighted by Gasteiger charge is 2.08. The van der Waals surface area contributed by atoms with Crippen LogP contribution in [0.5, 0.6) is 5.75 Å². The third-order valence-corrected chi connectivity index (χ3v) is 1.64. The van der Waals surface area contributed by atoms with Crippen LogP contribution in [0.2, 0.25) is 0 Å². The van der Waals surface area contributed by atoms with Gasteiger partial charge in [0.15, 0.2) is 11.4 Å². The van der Waals surface area contributed by atoms with E-state index in [1.807, 2.05) is 0 Å². The first-order valence-corrected chi connectivity index (χ1v) is 4.29. The molecule has 1 N–H and O–H groups in total. The quantitative estimate of drug-likeness (QED) is 0.604. The highest BCUT2D eigenvalue weighted by molar-refractivity contribution is 5.46. The fourth-order valence-electron chi connectivity index (χ4n) is 0.985. The summed E-state index contributed by atoms with van der Waals surface area (Å²) < 4.78 is 17.9. The predicted octanol–water partition coefficient (Wildman–Crippen LogP) is 1.29. The molecule has 0 radical (unpaired) electrons. The van der Waals surface area contributed by atoms with Gasteiger partial charge in [-0.05, 0) is 18.6 Å². The minimum absolute atomic E-state index is 0.0435. The standard InChI is InChI=1S/C10H11FNO3/c1-7(2)6-15-10-5-8(11)3-4-9(10)12(13)14/h3-5,12H,1,6H2,2H3/q-1. The van der Waals surface area contributed by atoms with Crippen LogP contribution in [0.15, 0.2) is 30.4 Å². The molecule has 0 aromatic heterocycles. The van der Waals surface area contributed by atoms with Crippen molar-refractivity contribution in [3.8, 4) is 5.75 Å². The van der Waals surface area contributed by atoms with E-state index in [1.54, 1.807) is 6.92 Å². The number of ether oxygens (including phenoxy) is 1. The van der Waals surface area contributed by atoms with E-state index in [0.717, 1.165) is 18.2 Å². The highest BCUT2D eigenvalue weighted by Crippen LogP contribution is 2.22. The molecular formula is C10H11FNO3-. The van der Waals surface area contributed by atoms with Crippen LogP contribution in [0.4, 0.5) is 10.1 Å². The largest absolute Gasteiger partial charge is 0.628 e. The van der Waals surface area contributed by atoms with E-state index < -0.39 is 11.0 Å². The zero-order chi connectivity index (χ0) is 11.4. The van der Waals surface area contributed by atoms with Gasteiger partial charge in [-0.25, -0.2) is 4.39 Å². The van der Waals surface area contributed by atoms with Crippen molar-refractivity contribution in [3.05, 3.63) is 46.6 Å². The summed E-state index contributed by atoms with van der Waals surface area (Å²) in [5.74, 6) is -0.602. The number of benzene rings is 1. The molecule has 0 fully saturated rings. The molecule has 0 saturated heterocycles. The number of halogens is 1. The molecule has 0 unspecified atom stereocenters. The summed E-state index contributed by atoms with van der Waals surface area (Å²) in [6.07, 6.45) is 0. The summed E-state index contributed by atoms with van der Waals surface area (Å²) in [4.78, 5) is 0. The normalized spacial score (nSPS) is 10.5. The van der Waals surface area contributed by atoms with E-state index in [4.69, 9.17) is 4.74 Å². The van der Waals surface area contributed by atoms with E-state index in [-0.39, 0.29) is 18.0 Å². The predicted molar refractivity (Wildman–Crippen MR) is 54.1 cm³/mol. The van der Waals surface area contributed by atoms with Gasteiger partial charge in [0.05, 0.1) is 0 Å². The number of nitrogens with one attached hydrogen (secondary N) is 1. The molecular weight excluding hydrogens is 201 g/mol. The SMILES string of the molecule is C=C(C)COc1cc(F)ccc1[NH+]([O-])[O-]. The summed E-state index contributed by atoms with van der Waals surface area (Å²) in [6.45, 7) is 5.45. The Morgan fingerprint density at radius 1 is 1.53 bits per heavy atom. The van der Waals surface area contributed by atoms with Crippen LogP contribution in [0.3, 0.4) is 0 Å². The molecule has 4 nitrogen and oxygen atoms in total. The Hall–Kier alpha value is -1.43. The van der Waals surface area contributed by atoms with E-state index in [9.17, 15) is 14.8 Å². The number of quaternary nitrogens is 1. The Morgan fingerprint density at radius 3 is 2.73 bits per heavy atom. The van der Waals surface area contributed by atoms with Gasteiger partial charge >= 0.3 is 0 Å². The van der Waals surface area contributed by atoms with Crippen LogP contribution in [0, 0.1) is 16.2 Å². The van der Waals surface area contributed by atoms with Crippen LogP contribution >= 0.6 is 0 Å². The molecule has 1 aromatic carbocycles. The summed E-state index contributed by atoms with van der Waals surface area (Å²) in [5.41, 5.74) is 0.543. The van der Waals surface area contributed by atoms with Gasteiger partial charge in [-0.2, -0.15) is 0 Å². The van der Waals surface area contributed by atoms with Crippen LogP contribution in [0.1, 0.15) is 6.92 Å². The van der Waals surface area contributed by atoms with Crippen LogP contribution in [-0.2, 0) is 0 Å². The molecule has 0 heterocycles. The molecule has 1 rings (SSSR count). The zero-order valence-electron chi connectivity index (χ0n) is 8.25. The first kappa shape index (κ1) is 11.6. The molecule has 0 spiro atoms. The van der Waals surface area contributed by atoms with E-state index in [2.05, 4.69) is 6.58 Å². The van der Waals surface area contributed by atoms with E-state index in [0.29, 0.717) is 5.57 Å². The van der Waals surface area contributed by atoms with Crippen molar-refractivity contribution in [1.82, 2.24) is 0 Å². The molecule has 0 aliphatic heterocycles. The Kier molecular flexibility index (Phi) is 3.79. The molecule has 15 heavy (non-hydrogen) atoms. The molecule has 1 aromatic rings. The lowest BCUT2D eigenvalue weighted by atomic mass is 10.3. The molecule has 82 valence electrons. The molecule has 0 amide bonds. The lowest BCUT2D eigenvalue weighted by molar-refractivity contribution is -0.715. The average Bonchev–Trinajstić information content (AvgIpc) is 2.14. The van der Waals surface area contributed by atoms with Crippen LogP contribution < -0.4 is 9.96 Å². The first-order chi connectivity index (χ1) is 7.00. The van der Waals surface area contributed by atoms with Crippen molar-refractivity contribution in [2.45, 2.75) is 6.92 Å². The second-order valence-electron chi connectivity index (χ2n) is 3.17. The lowest BCUT2D eigenvalue weighted by Crippen LogP contribution is -2.96. The van der Waals surface area contributed by atoms with Gasteiger partial charge in [-0.1, -0.05) is 6.58 Å². The van der Waals surface area contributed by atoms with Gasteiger partial charge in [0.1, 0.15) is 12.4 Å². The van der Waals surface area contributed by atoms with Gasteiger partial charge in [-0.3, -0.25) is 0 Å². The number of rotatable bonds is 4. The maximum absolute atomic E-state index is 12.8. The molecule has 0 aliphatic carbocycles. The summed E-state index contributed by atoms with van der Waals surface area (Å²) in [5, 5.41) is 19.9. The fraction of sp³-hybridized carbons (Fsp3) is 0.200. The van der Waals surface area contributed by atoms with Gasteiger partial charge in [0, 0.05) is 12.1 Å². The third-order valence-electron chi connectivity index (χ3n) is 1.64. The first-order valence-electron chi connectivity index (χ1n) is 4.29. The van der Waals surface area contributed by atoms with E-state index in [1.165, 1.54) is 0 Å². The summed E-state index contributed by atoms with van der Waals surface area (Å²) in [6, 6.07) is 3.16. The smallest absolute Gasteiger partial charge is 0.183 e. The topological polar surface area (TPSA) is 59.8 Å². The van der Waals surface area contributed by atoms with Crippen molar-refractivity contribution in [1.29, 1.82) is 0 Å². The number of hydrogen-bond donors (Lipinski definition) is 1. The van der Waals surface area contributed by atoms with Gasteiger partial charge in [-0.15, -0.1) is 0 Å². The van der Waals surface area contributed by atoms with Gasteiger partial charge in [0.25, 0.3) is 0 Å². The zero-order valence-corrected chi connectivity index (χ0v) is 8.25. The second kappa shape index (κ2) is 4.88.